The van der Waals surface area contributed by atoms with Crippen LogP contribution in [-0.2, 0) is 6.42 Å². The normalized spacial score (nSPS) is 15.8. The van der Waals surface area contributed by atoms with Crippen molar-refractivity contribution in [3.8, 4) is 11.5 Å². The lowest BCUT2D eigenvalue weighted by molar-refractivity contribution is 0.171. The van der Waals surface area contributed by atoms with Crippen molar-refractivity contribution in [3.05, 3.63) is 23.8 Å². The molecule has 1 aliphatic heterocycles. The van der Waals surface area contributed by atoms with Gasteiger partial charge >= 0.3 is 0 Å². The fourth-order valence-corrected chi connectivity index (χ4v) is 2.32. The summed E-state index contributed by atoms with van der Waals surface area (Å²) in [5.41, 5.74) is 1.33. The van der Waals surface area contributed by atoms with Gasteiger partial charge in [-0.25, -0.2) is 0 Å². The highest BCUT2D eigenvalue weighted by atomic mass is 16.6. The summed E-state index contributed by atoms with van der Waals surface area (Å²) in [6.07, 6.45) is 1.08. The van der Waals surface area contributed by atoms with E-state index in [1.165, 1.54) is 5.56 Å². The largest absolute Gasteiger partial charge is 0.486 e. The molecule has 1 aliphatic rings. The molecule has 1 N–H and O–H groups in total. The quantitative estimate of drug-likeness (QED) is 0.869. The van der Waals surface area contributed by atoms with E-state index in [0.29, 0.717) is 25.0 Å². The van der Waals surface area contributed by atoms with Crippen LogP contribution < -0.4 is 14.8 Å². The first-order chi connectivity index (χ1) is 8.70. The zero-order valence-corrected chi connectivity index (χ0v) is 11.5. The van der Waals surface area contributed by atoms with Crippen molar-refractivity contribution in [1.29, 1.82) is 0 Å². The third-order valence-corrected chi connectivity index (χ3v) is 3.51. The van der Waals surface area contributed by atoms with Crippen LogP contribution in [0.15, 0.2) is 18.2 Å². The Morgan fingerprint density at radius 1 is 1.17 bits per heavy atom. The minimum atomic E-state index is 0.651. The van der Waals surface area contributed by atoms with Gasteiger partial charge in [0.15, 0.2) is 11.5 Å². The first-order valence-corrected chi connectivity index (χ1v) is 6.74. The van der Waals surface area contributed by atoms with Crippen LogP contribution in [0.5, 0.6) is 11.5 Å². The summed E-state index contributed by atoms with van der Waals surface area (Å²) < 4.78 is 11.2. The van der Waals surface area contributed by atoms with Gasteiger partial charge in [-0.2, -0.15) is 0 Å². The average molecular weight is 249 g/mol. The van der Waals surface area contributed by atoms with E-state index >= 15 is 0 Å². The smallest absolute Gasteiger partial charge is 0.161 e. The summed E-state index contributed by atoms with van der Waals surface area (Å²) in [6, 6.07) is 6.30. The van der Waals surface area contributed by atoms with E-state index in [2.05, 4.69) is 31.3 Å². The van der Waals surface area contributed by atoms with Gasteiger partial charge in [0.25, 0.3) is 0 Å². The number of ether oxygens (including phenoxy) is 2. The van der Waals surface area contributed by atoms with Gasteiger partial charge in [0.1, 0.15) is 13.2 Å². The lowest BCUT2D eigenvalue weighted by atomic mass is 9.89. The van der Waals surface area contributed by atoms with E-state index in [4.69, 9.17) is 9.47 Å². The minimum Gasteiger partial charge on any atom is -0.486 e. The second-order valence-electron chi connectivity index (χ2n) is 5.24. The standard InChI is InChI=1S/C15H23NO2/c1-11(2)13(10-16-3)8-12-4-5-14-15(9-12)18-7-6-17-14/h4-5,9,11,13,16H,6-8,10H2,1-3H3. The van der Waals surface area contributed by atoms with E-state index in [-0.39, 0.29) is 0 Å². The molecular formula is C15H23NO2. The van der Waals surface area contributed by atoms with Crippen LogP contribution in [0.1, 0.15) is 19.4 Å². The van der Waals surface area contributed by atoms with Gasteiger partial charge in [0.2, 0.25) is 0 Å². The van der Waals surface area contributed by atoms with Crippen LogP contribution in [0.3, 0.4) is 0 Å². The number of benzene rings is 1. The zero-order valence-electron chi connectivity index (χ0n) is 11.5. The van der Waals surface area contributed by atoms with Crippen molar-refractivity contribution in [1.82, 2.24) is 5.32 Å². The van der Waals surface area contributed by atoms with Crippen LogP contribution in [0, 0.1) is 11.8 Å². The van der Waals surface area contributed by atoms with Crippen LogP contribution in [0.25, 0.3) is 0 Å². The molecule has 0 aromatic heterocycles. The maximum Gasteiger partial charge on any atom is 0.161 e. The van der Waals surface area contributed by atoms with Gasteiger partial charge < -0.3 is 14.8 Å². The zero-order chi connectivity index (χ0) is 13.0. The maximum atomic E-state index is 5.63. The topological polar surface area (TPSA) is 30.5 Å². The summed E-state index contributed by atoms with van der Waals surface area (Å²) in [7, 11) is 2.01. The van der Waals surface area contributed by atoms with Crippen molar-refractivity contribution >= 4 is 0 Å². The molecule has 0 bridgehead atoms. The van der Waals surface area contributed by atoms with Crippen molar-refractivity contribution < 1.29 is 9.47 Å². The van der Waals surface area contributed by atoms with Crippen molar-refractivity contribution in [2.24, 2.45) is 11.8 Å². The molecule has 0 saturated carbocycles. The highest BCUT2D eigenvalue weighted by molar-refractivity contribution is 5.43. The first kappa shape index (κ1) is 13.2. The summed E-state index contributed by atoms with van der Waals surface area (Å²) >= 11 is 0. The van der Waals surface area contributed by atoms with Crippen molar-refractivity contribution in [3.63, 3.8) is 0 Å². The van der Waals surface area contributed by atoms with E-state index in [1.807, 2.05) is 13.1 Å². The van der Waals surface area contributed by atoms with Crippen LogP contribution in [0.4, 0.5) is 0 Å². The lowest BCUT2D eigenvalue weighted by Gasteiger charge is -2.22. The van der Waals surface area contributed by atoms with Gasteiger partial charge in [-0.3, -0.25) is 0 Å². The van der Waals surface area contributed by atoms with Crippen LogP contribution in [0.2, 0.25) is 0 Å². The second-order valence-corrected chi connectivity index (χ2v) is 5.24. The second kappa shape index (κ2) is 6.10. The number of hydrogen-bond acceptors (Lipinski definition) is 3. The highest BCUT2D eigenvalue weighted by Crippen LogP contribution is 2.31. The number of fused-ring (bicyclic) bond motifs is 1. The monoisotopic (exact) mass is 249 g/mol. The number of nitrogens with one attached hydrogen (secondary N) is 1. The lowest BCUT2D eigenvalue weighted by Crippen LogP contribution is -2.25. The average Bonchev–Trinajstić information content (AvgIpc) is 2.38. The van der Waals surface area contributed by atoms with Gasteiger partial charge in [0.05, 0.1) is 0 Å². The molecule has 0 fully saturated rings. The molecule has 1 aromatic rings. The Morgan fingerprint density at radius 2 is 1.89 bits per heavy atom. The highest BCUT2D eigenvalue weighted by Gasteiger charge is 2.16. The summed E-state index contributed by atoms with van der Waals surface area (Å²) in [5, 5.41) is 3.28. The Hall–Kier alpha value is -1.22. The summed E-state index contributed by atoms with van der Waals surface area (Å²) in [6.45, 7) is 6.91. The van der Waals surface area contributed by atoms with Crippen molar-refractivity contribution in [2.45, 2.75) is 20.3 Å². The Bertz CT molecular complexity index is 390. The Balaban J connectivity index is 2.08. The van der Waals surface area contributed by atoms with E-state index < -0.39 is 0 Å². The predicted octanol–water partition coefficient (Wildman–Crippen LogP) is 2.49. The van der Waals surface area contributed by atoms with E-state index in [9.17, 15) is 0 Å². The fourth-order valence-electron chi connectivity index (χ4n) is 2.32. The third kappa shape index (κ3) is 3.16. The van der Waals surface area contributed by atoms with E-state index in [0.717, 1.165) is 24.5 Å². The summed E-state index contributed by atoms with van der Waals surface area (Å²) in [5.74, 6) is 3.09. The molecule has 1 heterocycles. The molecule has 100 valence electrons. The molecule has 18 heavy (non-hydrogen) atoms. The molecule has 3 nitrogen and oxygen atoms in total. The van der Waals surface area contributed by atoms with Gasteiger partial charge in [-0.05, 0) is 49.5 Å². The fraction of sp³-hybridized carbons (Fsp3) is 0.600. The Kier molecular flexibility index (Phi) is 4.48. The molecule has 0 saturated heterocycles. The molecule has 1 aromatic carbocycles. The molecule has 1 unspecified atom stereocenters. The van der Waals surface area contributed by atoms with Crippen LogP contribution in [-0.4, -0.2) is 26.8 Å². The molecule has 0 aliphatic carbocycles. The predicted molar refractivity (Wildman–Crippen MR) is 73.4 cm³/mol. The molecule has 0 radical (unpaired) electrons. The van der Waals surface area contributed by atoms with Gasteiger partial charge in [0, 0.05) is 0 Å². The van der Waals surface area contributed by atoms with E-state index in [1.54, 1.807) is 0 Å². The van der Waals surface area contributed by atoms with Crippen molar-refractivity contribution in [2.75, 3.05) is 26.8 Å². The number of rotatable bonds is 5. The molecule has 0 amide bonds. The third-order valence-electron chi connectivity index (χ3n) is 3.51. The van der Waals surface area contributed by atoms with Gasteiger partial charge in [-0.1, -0.05) is 19.9 Å². The maximum absolute atomic E-state index is 5.63. The molecule has 1 atom stereocenters. The molecular weight excluding hydrogens is 226 g/mol. The Morgan fingerprint density at radius 3 is 2.56 bits per heavy atom. The first-order valence-electron chi connectivity index (χ1n) is 6.74. The molecule has 3 heteroatoms. The SMILES string of the molecule is CNCC(Cc1ccc2c(c1)OCCO2)C(C)C. The Labute approximate surface area is 109 Å². The minimum absolute atomic E-state index is 0.651. The molecule has 0 spiro atoms. The number of hydrogen-bond donors (Lipinski definition) is 1. The molecule has 2 rings (SSSR count). The summed E-state index contributed by atoms with van der Waals surface area (Å²) in [4.78, 5) is 0. The van der Waals surface area contributed by atoms with Gasteiger partial charge in [-0.15, -0.1) is 0 Å². The van der Waals surface area contributed by atoms with Crippen LogP contribution >= 0.6 is 0 Å².